The van der Waals surface area contributed by atoms with Gasteiger partial charge in [0, 0.05) is 37.5 Å². The molecule has 0 aliphatic carbocycles. The van der Waals surface area contributed by atoms with E-state index in [4.69, 9.17) is 5.11 Å². The van der Waals surface area contributed by atoms with Crippen molar-refractivity contribution in [3.05, 3.63) is 30.1 Å². The molecular weight excluding hydrogens is 194 g/mol. The first-order valence-electron chi connectivity index (χ1n) is 4.56. The van der Waals surface area contributed by atoms with E-state index in [2.05, 4.69) is 11.7 Å². The van der Waals surface area contributed by atoms with E-state index in [0.717, 1.165) is 5.56 Å². The minimum absolute atomic E-state index is 0.196. The summed E-state index contributed by atoms with van der Waals surface area (Å²) < 4.78 is 1.72. The minimum Gasteiger partial charge on any atom is -0.478 e. The van der Waals surface area contributed by atoms with Crippen LogP contribution in [0, 0.1) is 0 Å². The molecule has 0 saturated heterocycles. The van der Waals surface area contributed by atoms with Gasteiger partial charge in [-0.15, -0.1) is 0 Å². The van der Waals surface area contributed by atoms with Crippen LogP contribution >= 0.6 is 0 Å². The Morgan fingerprint density at radius 2 is 2.40 bits per heavy atom. The van der Waals surface area contributed by atoms with Crippen LogP contribution in [0.5, 0.6) is 0 Å². The lowest BCUT2D eigenvalue weighted by molar-refractivity contribution is -0.132. The van der Waals surface area contributed by atoms with Gasteiger partial charge in [-0.2, -0.15) is 5.10 Å². The molecule has 0 atom stereocenters. The number of nitrogens with zero attached hydrogens (tertiary/aromatic N) is 3. The number of carboxylic acid groups (broad SMARTS) is 1. The summed E-state index contributed by atoms with van der Waals surface area (Å²) in [6, 6.07) is 0. The lowest BCUT2D eigenvalue weighted by Gasteiger charge is -2.14. The summed E-state index contributed by atoms with van der Waals surface area (Å²) in [6.45, 7) is 4.50. The molecule has 1 aromatic rings. The highest BCUT2D eigenvalue weighted by atomic mass is 16.4. The molecule has 0 fully saturated rings. The van der Waals surface area contributed by atoms with E-state index in [9.17, 15) is 4.79 Å². The molecular formula is C10H15N3O2. The third-order valence-electron chi connectivity index (χ3n) is 1.97. The van der Waals surface area contributed by atoms with Crippen LogP contribution in [0.25, 0.3) is 0 Å². The van der Waals surface area contributed by atoms with Crippen LogP contribution < -0.4 is 0 Å². The predicted octanol–water partition coefficient (Wildman–Crippen LogP) is 0.493. The molecule has 5 heteroatoms. The molecule has 1 rings (SSSR count). The standard InChI is InChI=1S/C10H15N3O2/c1-8(10(14)15)5-12(2)6-9-4-11-13(3)7-9/h4,7H,1,5-6H2,2-3H3,(H,14,15). The molecule has 82 valence electrons. The van der Waals surface area contributed by atoms with Crippen molar-refractivity contribution in [2.75, 3.05) is 13.6 Å². The smallest absolute Gasteiger partial charge is 0.332 e. The molecule has 0 radical (unpaired) electrons. The van der Waals surface area contributed by atoms with Gasteiger partial charge in [-0.3, -0.25) is 9.58 Å². The van der Waals surface area contributed by atoms with Crippen LogP contribution in [0.2, 0.25) is 0 Å². The number of hydrogen-bond acceptors (Lipinski definition) is 3. The maximum atomic E-state index is 10.5. The minimum atomic E-state index is -0.951. The van der Waals surface area contributed by atoms with Gasteiger partial charge in [0.15, 0.2) is 0 Å². The van der Waals surface area contributed by atoms with E-state index in [1.165, 1.54) is 0 Å². The van der Waals surface area contributed by atoms with Gasteiger partial charge in [0.1, 0.15) is 0 Å². The zero-order chi connectivity index (χ0) is 11.4. The highest BCUT2D eigenvalue weighted by molar-refractivity contribution is 5.86. The molecule has 1 N–H and O–H groups in total. The van der Waals surface area contributed by atoms with E-state index in [0.29, 0.717) is 13.1 Å². The lowest BCUT2D eigenvalue weighted by Crippen LogP contribution is -2.22. The fourth-order valence-electron chi connectivity index (χ4n) is 1.31. The number of aliphatic carboxylic acids is 1. The molecule has 15 heavy (non-hydrogen) atoms. The van der Waals surface area contributed by atoms with Crippen LogP contribution in [-0.2, 0) is 18.4 Å². The van der Waals surface area contributed by atoms with Gasteiger partial charge in [-0.1, -0.05) is 6.58 Å². The van der Waals surface area contributed by atoms with Crippen LogP contribution in [0.15, 0.2) is 24.5 Å². The summed E-state index contributed by atoms with van der Waals surface area (Å²) in [5.41, 5.74) is 1.25. The number of carboxylic acids is 1. The largest absolute Gasteiger partial charge is 0.478 e. The number of aromatic nitrogens is 2. The average molecular weight is 209 g/mol. The molecule has 0 amide bonds. The van der Waals surface area contributed by atoms with Crippen LogP contribution in [0.1, 0.15) is 5.56 Å². The summed E-state index contributed by atoms with van der Waals surface area (Å²) in [5, 5.41) is 12.7. The van der Waals surface area contributed by atoms with Crippen molar-refractivity contribution in [2.24, 2.45) is 7.05 Å². The predicted molar refractivity (Wildman–Crippen MR) is 56.3 cm³/mol. The zero-order valence-corrected chi connectivity index (χ0v) is 8.97. The van der Waals surface area contributed by atoms with Gasteiger partial charge in [0.05, 0.1) is 6.20 Å². The normalized spacial score (nSPS) is 10.6. The Morgan fingerprint density at radius 3 is 2.87 bits per heavy atom. The number of likely N-dealkylation sites (N-methyl/N-ethyl adjacent to an activating group) is 1. The van der Waals surface area contributed by atoms with Crippen LogP contribution in [0.3, 0.4) is 0 Å². The van der Waals surface area contributed by atoms with Crippen molar-refractivity contribution in [2.45, 2.75) is 6.54 Å². The topological polar surface area (TPSA) is 58.4 Å². The molecule has 0 aliphatic heterocycles. The Morgan fingerprint density at radius 1 is 1.73 bits per heavy atom. The Kier molecular flexibility index (Phi) is 3.62. The monoisotopic (exact) mass is 209 g/mol. The lowest BCUT2D eigenvalue weighted by atomic mass is 10.2. The first-order chi connectivity index (χ1) is 6.99. The number of carbonyl (C=O) groups is 1. The average Bonchev–Trinajstić information content (AvgIpc) is 2.50. The van der Waals surface area contributed by atoms with Crippen molar-refractivity contribution in [1.82, 2.24) is 14.7 Å². The van der Waals surface area contributed by atoms with Gasteiger partial charge >= 0.3 is 5.97 Å². The van der Waals surface area contributed by atoms with E-state index in [1.54, 1.807) is 10.9 Å². The molecule has 0 aromatic carbocycles. The van der Waals surface area contributed by atoms with Gasteiger partial charge in [-0.05, 0) is 7.05 Å². The van der Waals surface area contributed by atoms with Crippen molar-refractivity contribution >= 4 is 5.97 Å². The number of aryl methyl sites for hydroxylation is 1. The SMILES string of the molecule is C=C(CN(C)Cc1cnn(C)c1)C(=O)O. The second-order valence-electron chi connectivity index (χ2n) is 3.60. The quantitative estimate of drug-likeness (QED) is 0.717. The van der Waals surface area contributed by atoms with Crippen molar-refractivity contribution in [1.29, 1.82) is 0 Å². The molecule has 0 bridgehead atoms. The highest BCUT2D eigenvalue weighted by Crippen LogP contribution is 2.03. The Balaban J connectivity index is 2.46. The van der Waals surface area contributed by atoms with Crippen molar-refractivity contribution < 1.29 is 9.90 Å². The highest BCUT2D eigenvalue weighted by Gasteiger charge is 2.08. The second kappa shape index (κ2) is 4.75. The molecule has 0 unspecified atom stereocenters. The Hall–Kier alpha value is -1.62. The number of rotatable bonds is 5. The second-order valence-corrected chi connectivity index (χ2v) is 3.60. The fraction of sp³-hybridized carbons (Fsp3) is 0.400. The third-order valence-corrected chi connectivity index (χ3v) is 1.97. The van der Waals surface area contributed by atoms with Gasteiger partial charge in [0.2, 0.25) is 0 Å². The number of hydrogen-bond donors (Lipinski definition) is 1. The van der Waals surface area contributed by atoms with Crippen molar-refractivity contribution in [3.8, 4) is 0 Å². The summed E-state index contributed by atoms with van der Waals surface area (Å²) in [5.74, 6) is -0.951. The maximum absolute atomic E-state index is 10.5. The molecule has 5 nitrogen and oxygen atoms in total. The Labute approximate surface area is 88.6 Å². The van der Waals surface area contributed by atoms with Gasteiger partial charge < -0.3 is 5.11 Å². The molecule has 1 aromatic heterocycles. The molecule has 0 aliphatic rings. The van der Waals surface area contributed by atoms with Crippen LogP contribution in [-0.4, -0.2) is 39.3 Å². The first kappa shape index (κ1) is 11.5. The zero-order valence-electron chi connectivity index (χ0n) is 8.97. The van der Waals surface area contributed by atoms with Crippen LogP contribution in [0.4, 0.5) is 0 Å². The van der Waals surface area contributed by atoms with E-state index in [1.807, 2.05) is 25.2 Å². The van der Waals surface area contributed by atoms with Crippen molar-refractivity contribution in [3.63, 3.8) is 0 Å². The summed E-state index contributed by atoms with van der Waals surface area (Å²) in [6.07, 6.45) is 3.67. The van der Waals surface area contributed by atoms with Gasteiger partial charge in [0.25, 0.3) is 0 Å². The fourth-order valence-corrected chi connectivity index (χ4v) is 1.31. The maximum Gasteiger partial charge on any atom is 0.332 e. The van der Waals surface area contributed by atoms with E-state index in [-0.39, 0.29) is 5.57 Å². The summed E-state index contributed by atoms with van der Waals surface area (Å²) in [4.78, 5) is 12.4. The summed E-state index contributed by atoms with van der Waals surface area (Å²) in [7, 11) is 3.70. The molecule has 1 heterocycles. The van der Waals surface area contributed by atoms with Gasteiger partial charge in [-0.25, -0.2) is 4.79 Å². The molecule has 0 spiro atoms. The Bertz CT molecular complexity index is 370. The third kappa shape index (κ3) is 3.55. The molecule has 0 saturated carbocycles. The van der Waals surface area contributed by atoms with E-state index >= 15 is 0 Å². The first-order valence-corrected chi connectivity index (χ1v) is 4.56. The van der Waals surface area contributed by atoms with E-state index < -0.39 is 5.97 Å². The summed E-state index contributed by atoms with van der Waals surface area (Å²) >= 11 is 0.